The number of alkyl halides is 1. The lowest BCUT2D eigenvalue weighted by atomic mass is 9.93. The number of rotatable bonds is 4. The fourth-order valence-corrected chi connectivity index (χ4v) is 3.75. The fraction of sp³-hybridized carbons (Fsp3) is 0.800. The summed E-state index contributed by atoms with van der Waals surface area (Å²) >= 11 is 7.64. The van der Waals surface area contributed by atoms with E-state index in [-0.39, 0.29) is 5.41 Å². The number of hydrogen-bond donors (Lipinski definition) is 0. The summed E-state index contributed by atoms with van der Waals surface area (Å²) in [6.07, 6.45) is 1.23. The van der Waals surface area contributed by atoms with Crippen molar-refractivity contribution in [3.63, 3.8) is 0 Å². The minimum Gasteiger partial charge on any atom is -0.301 e. The number of thiazole rings is 1. The van der Waals surface area contributed by atoms with Crippen LogP contribution in [-0.4, -0.2) is 53.4 Å². The van der Waals surface area contributed by atoms with Crippen molar-refractivity contribution >= 4 is 22.9 Å². The number of aromatic nitrogens is 1. The SMILES string of the molecule is CC(C)(C)c1csc(CN2CCCN(CCCl)CC2)n1. The van der Waals surface area contributed by atoms with Gasteiger partial charge in [0.1, 0.15) is 5.01 Å². The summed E-state index contributed by atoms with van der Waals surface area (Å²) in [5, 5.41) is 3.47. The molecule has 0 radical (unpaired) electrons. The summed E-state index contributed by atoms with van der Waals surface area (Å²) in [5.41, 5.74) is 1.38. The molecule has 0 unspecified atom stereocenters. The third-order valence-corrected chi connectivity index (χ3v) is 4.76. The molecule has 0 spiro atoms. The molecule has 5 heteroatoms. The smallest absolute Gasteiger partial charge is 0.107 e. The lowest BCUT2D eigenvalue weighted by Crippen LogP contribution is -2.31. The Morgan fingerprint density at radius 2 is 1.90 bits per heavy atom. The topological polar surface area (TPSA) is 19.4 Å². The number of halogens is 1. The second-order valence-electron chi connectivity index (χ2n) is 6.54. The first-order chi connectivity index (χ1) is 9.49. The van der Waals surface area contributed by atoms with Crippen LogP contribution in [0, 0.1) is 0 Å². The van der Waals surface area contributed by atoms with Crippen LogP contribution < -0.4 is 0 Å². The van der Waals surface area contributed by atoms with Crippen molar-refractivity contribution in [1.29, 1.82) is 0 Å². The van der Waals surface area contributed by atoms with Crippen molar-refractivity contribution in [2.75, 3.05) is 38.6 Å². The molecule has 0 amide bonds. The van der Waals surface area contributed by atoms with Crippen LogP contribution in [-0.2, 0) is 12.0 Å². The third-order valence-electron chi connectivity index (χ3n) is 3.76. The predicted molar refractivity (Wildman–Crippen MR) is 87.9 cm³/mol. The van der Waals surface area contributed by atoms with Gasteiger partial charge in [-0.3, -0.25) is 4.90 Å². The van der Waals surface area contributed by atoms with E-state index in [1.165, 1.54) is 30.2 Å². The zero-order chi connectivity index (χ0) is 14.6. The van der Waals surface area contributed by atoms with Crippen LogP contribution in [0.4, 0.5) is 0 Å². The van der Waals surface area contributed by atoms with Gasteiger partial charge in [-0.15, -0.1) is 22.9 Å². The zero-order valence-corrected chi connectivity index (χ0v) is 14.4. The summed E-state index contributed by atoms with van der Waals surface area (Å²) in [6.45, 7) is 13.3. The van der Waals surface area contributed by atoms with Gasteiger partial charge < -0.3 is 4.90 Å². The van der Waals surface area contributed by atoms with Crippen molar-refractivity contribution in [2.45, 2.75) is 39.2 Å². The van der Waals surface area contributed by atoms with Gasteiger partial charge in [0.25, 0.3) is 0 Å². The molecule has 2 rings (SSSR count). The first-order valence-electron chi connectivity index (χ1n) is 7.44. The van der Waals surface area contributed by atoms with Crippen LogP contribution in [0.3, 0.4) is 0 Å². The Balaban J connectivity index is 1.88. The van der Waals surface area contributed by atoms with E-state index in [1.54, 1.807) is 11.3 Å². The summed E-state index contributed by atoms with van der Waals surface area (Å²) in [5.74, 6) is 0.738. The quantitative estimate of drug-likeness (QED) is 0.796. The lowest BCUT2D eigenvalue weighted by Gasteiger charge is -2.20. The lowest BCUT2D eigenvalue weighted by molar-refractivity contribution is 0.257. The van der Waals surface area contributed by atoms with E-state index in [4.69, 9.17) is 16.6 Å². The molecule has 0 saturated carbocycles. The average Bonchev–Trinajstić information content (AvgIpc) is 2.73. The number of hydrogen-bond acceptors (Lipinski definition) is 4. The Morgan fingerprint density at radius 3 is 2.55 bits per heavy atom. The van der Waals surface area contributed by atoms with Crippen molar-refractivity contribution in [3.8, 4) is 0 Å². The molecule has 1 aromatic heterocycles. The van der Waals surface area contributed by atoms with Crippen LogP contribution in [0.5, 0.6) is 0 Å². The molecule has 1 aliphatic rings. The van der Waals surface area contributed by atoms with Gasteiger partial charge in [-0.2, -0.15) is 0 Å². The summed E-state index contributed by atoms with van der Waals surface area (Å²) in [7, 11) is 0. The van der Waals surface area contributed by atoms with Crippen LogP contribution in [0.2, 0.25) is 0 Å². The van der Waals surface area contributed by atoms with Gasteiger partial charge in [0, 0.05) is 36.3 Å². The molecule has 1 aromatic rings. The van der Waals surface area contributed by atoms with Crippen LogP contribution in [0.1, 0.15) is 37.9 Å². The molecule has 20 heavy (non-hydrogen) atoms. The monoisotopic (exact) mass is 315 g/mol. The van der Waals surface area contributed by atoms with Crippen LogP contribution in [0.15, 0.2) is 5.38 Å². The molecular formula is C15H26ClN3S. The fourth-order valence-electron chi connectivity index (χ4n) is 2.44. The van der Waals surface area contributed by atoms with Gasteiger partial charge >= 0.3 is 0 Å². The van der Waals surface area contributed by atoms with E-state index in [0.29, 0.717) is 0 Å². The molecule has 1 fully saturated rings. The molecule has 1 saturated heterocycles. The molecule has 2 heterocycles. The van der Waals surface area contributed by atoms with E-state index in [9.17, 15) is 0 Å². The van der Waals surface area contributed by atoms with Gasteiger partial charge in [0.15, 0.2) is 0 Å². The van der Waals surface area contributed by atoms with Crippen molar-refractivity contribution in [1.82, 2.24) is 14.8 Å². The molecule has 0 bridgehead atoms. The highest BCUT2D eigenvalue weighted by atomic mass is 35.5. The Bertz CT molecular complexity index is 413. The van der Waals surface area contributed by atoms with Gasteiger partial charge in [-0.05, 0) is 19.5 Å². The predicted octanol–water partition coefficient (Wildman–Crippen LogP) is 3.19. The summed E-state index contributed by atoms with van der Waals surface area (Å²) in [4.78, 5) is 9.80. The highest BCUT2D eigenvalue weighted by Gasteiger charge is 2.19. The minimum absolute atomic E-state index is 0.157. The van der Waals surface area contributed by atoms with E-state index >= 15 is 0 Å². The van der Waals surface area contributed by atoms with Gasteiger partial charge in [0.05, 0.1) is 12.2 Å². The largest absolute Gasteiger partial charge is 0.301 e. The number of nitrogens with zero attached hydrogens (tertiary/aromatic N) is 3. The van der Waals surface area contributed by atoms with E-state index < -0.39 is 0 Å². The molecule has 3 nitrogen and oxygen atoms in total. The molecular weight excluding hydrogens is 290 g/mol. The standard InChI is InChI=1S/C15H26ClN3S/c1-15(2,3)13-12-20-14(17-13)11-19-7-4-6-18(8-5-16)9-10-19/h12H,4-11H2,1-3H3. The van der Waals surface area contributed by atoms with Gasteiger partial charge in [-0.1, -0.05) is 20.8 Å². The van der Waals surface area contributed by atoms with E-state index in [0.717, 1.165) is 32.1 Å². The van der Waals surface area contributed by atoms with E-state index in [2.05, 4.69) is 36.0 Å². The van der Waals surface area contributed by atoms with E-state index in [1.807, 2.05) is 0 Å². The Kier molecular flexibility index (Phi) is 5.84. The molecule has 1 aliphatic heterocycles. The minimum atomic E-state index is 0.157. The summed E-state index contributed by atoms with van der Waals surface area (Å²) in [6, 6.07) is 0. The van der Waals surface area contributed by atoms with Crippen molar-refractivity contribution < 1.29 is 0 Å². The Morgan fingerprint density at radius 1 is 1.20 bits per heavy atom. The molecule has 0 atom stereocenters. The second-order valence-corrected chi connectivity index (χ2v) is 7.86. The van der Waals surface area contributed by atoms with Crippen molar-refractivity contribution in [3.05, 3.63) is 16.1 Å². The molecule has 0 aliphatic carbocycles. The summed E-state index contributed by atoms with van der Waals surface area (Å²) < 4.78 is 0. The van der Waals surface area contributed by atoms with Crippen LogP contribution >= 0.6 is 22.9 Å². The maximum Gasteiger partial charge on any atom is 0.107 e. The van der Waals surface area contributed by atoms with Gasteiger partial charge in [-0.25, -0.2) is 4.98 Å². The average molecular weight is 316 g/mol. The third kappa shape index (κ3) is 4.69. The molecule has 0 aromatic carbocycles. The molecule has 114 valence electrons. The van der Waals surface area contributed by atoms with Crippen LogP contribution in [0.25, 0.3) is 0 Å². The highest BCUT2D eigenvalue weighted by molar-refractivity contribution is 7.09. The first-order valence-corrected chi connectivity index (χ1v) is 8.86. The highest BCUT2D eigenvalue weighted by Crippen LogP contribution is 2.24. The van der Waals surface area contributed by atoms with Gasteiger partial charge in [0.2, 0.25) is 0 Å². The maximum atomic E-state index is 5.84. The Hall–Kier alpha value is -0.160. The molecule has 0 N–H and O–H groups in total. The maximum absolute atomic E-state index is 5.84. The zero-order valence-electron chi connectivity index (χ0n) is 12.9. The first kappa shape index (κ1) is 16.2. The van der Waals surface area contributed by atoms with Crippen molar-refractivity contribution in [2.24, 2.45) is 0 Å². The second kappa shape index (κ2) is 7.21. The Labute approximate surface area is 131 Å². The normalized spacial score (nSPS) is 19.2.